The van der Waals surface area contributed by atoms with Crippen LogP contribution in [0, 0.1) is 0 Å². The summed E-state index contributed by atoms with van der Waals surface area (Å²) in [4.78, 5) is 0. The van der Waals surface area contributed by atoms with E-state index >= 15 is 0 Å². The van der Waals surface area contributed by atoms with Gasteiger partial charge in [-0.3, -0.25) is 5.10 Å². The largest absolute Gasteiger partial charge is 0.316 e. The molecule has 4 heteroatoms. The van der Waals surface area contributed by atoms with Crippen LogP contribution in [0.5, 0.6) is 0 Å². The fourth-order valence-corrected chi connectivity index (χ4v) is 0.796. The highest BCUT2D eigenvalue weighted by Gasteiger charge is 2.01. The minimum Gasteiger partial charge on any atom is -0.316 e. The zero-order chi connectivity index (χ0) is 7.40. The van der Waals surface area contributed by atoms with Gasteiger partial charge in [-0.05, 0) is 7.05 Å². The van der Waals surface area contributed by atoms with Gasteiger partial charge in [0.2, 0.25) is 0 Å². The molecule has 0 unspecified atom stereocenters. The van der Waals surface area contributed by atoms with Gasteiger partial charge in [0, 0.05) is 12.1 Å². The van der Waals surface area contributed by atoms with Gasteiger partial charge < -0.3 is 5.32 Å². The maximum Gasteiger partial charge on any atom is 0.131 e. The van der Waals surface area contributed by atoms with E-state index in [1.165, 1.54) is 0 Å². The van der Waals surface area contributed by atoms with Crippen molar-refractivity contribution < 1.29 is 4.39 Å². The van der Waals surface area contributed by atoms with Crippen molar-refractivity contribution in [3.63, 3.8) is 0 Å². The number of halogens is 1. The molecule has 0 radical (unpaired) electrons. The average molecular weight is 143 g/mol. The number of aromatic nitrogens is 2. The van der Waals surface area contributed by atoms with E-state index in [0.717, 1.165) is 5.56 Å². The summed E-state index contributed by atoms with van der Waals surface area (Å²) in [6.45, 7) is 0.187. The van der Waals surface area contributed by atoms with Gasteiger partial charge in [-0.25, -0.2) is 4.39 Å². The standard InChI is InChI=1S/C6H10FN3/c1-8-3-5-4-9-10-6(5)2-7/h4,8H,2-3H2,1H3,(H,9,10). The Morgan fingerprint density at radius 1 is 1.80 bits per heavy atom. The fraction of sp³-hybridized carbons (Fsp3) is 0.500. The molecule has 1 aromatic rings. The van der Waals surface area contributed by atoms with Crippen LogP contribution in [0.3, 0.4) is 0 Å². The lowest BCUT2D eigenvalue weighted by Crippen LogP contribution is -2.05. The molecular weight excluding hydrogens is 133 g/mol. The highest BCUT2D eigenvalue weighted by Crippen LogP contribution is 2.04. The summed E-state index contributed by atoms with van der Waals surface area (Å²) < 4.78 is 12.0. The number of alkyl halides is 1. The molecule has 1 rings (SSSR count). The van der Waals surface area contributed by atoms with Crippen LogP contribution in [0.2, 0.25) is 0 Å². The molecule has 10 heavy (non-hydrogen) atoms. The molecule has 0 aliphatic carbocycles. The van der Waals surface area contributed by atoms with Crippen molar-refractivity contribution in [1.29, 1.82) is 0 Å². The molecule has 1 aromatic heterocycles. The summed E-state index contributed by atoms with van der Waals surface area (Å²) in [7, 11) is 1.81. The first kappa shape index (κ1) is 7.21. The molecule has 1 heterocycles. The molecule has 0 spiro atoms. The second kappa shape index (κ2) is 3.31. The number of hydrogen-bond donors (Lipinski definition) is 2. The quantitative estimate of drug-likeness (QED) is 0.650. The van der Waals surface area contributed by atoms with Gasteiger partial charge in [0.1, 0.15) is 6.67 Å². The molecule has 0 amide bonds. The lowest BCUT2D eigenvalue weighted by Gasteiger charge is -1.95. The first-order valence-electron chi connectivity index (χ1n) is 3.10. The van der Waals surface area contributed by atoms with Crippen LogP contribution in [0.25, 0.3) is 0 Å². The summed E-state index contributed by atoms with van der Waals surface area (Å²) in [6.07, 6.45) is 1.63. The highest BCUT2D eigenvalue weighted by molar-refractivity contribution is 5.14. The predicted molar refractivity (Wildman–Crippen MR) is 36.2 cm³/mol. The van der Waals surface area contributed by atoms with Crippen LogP contribution in [-0.4, -0.2) is 17.2 Å². The molecule has 0 saturated carbocycles. The van der Waals surface area contributed by atoms with Crippen molar-refractivity contribution in [1.82, 2.24) is 15.5 Å². The van der Waals surface area contributed by atoms with Crippen molar-refractivity contribution in [3.8, 4) is 0 Å². The highest BCUT2D eigenvalue weighted by atomic mass is 19.1. The molecule has 3 nitrogen and oxygen atoms in total. The maximum atomic E-state index is 12.0. The van der Waals surface area contributed by atoms with E-state index in [1.54, 1.807) is 6.20 Å². The SMILES string of the molecule is CNCc1cn[nH]c1CF. The van der Waals surface area contributed by atoms with Crippen LogP contribution in [0.15, 0.2) is 6.20 Å². The molecule has 0 fully saturated rings. The van der Waals surface area contributed by atoms with Gasteiger partial charge in [0.05, 0.1) is 11.9 Å². The van der Waals surface area contributed by atoms with Crippen molar-refractivity contribution in [2.45, 2.75) is 13.2 Å². The van der Waals surface area contributed by atoms with Crippen molar-refractivity contribution in [2.24, 2.45) is 0 Å². The van der Waals surface area contributed by atoms with Crippen LogP contribution in [0.4, 0.5) is 4.39 Å². The summed E-state index contributed by atoms with van der Waals surface area (Å²) >= 11 is 0. The van der Waals surface area contributed by atoms with E-state index in [2.05, 4.69) is 15.5 Å². The predicted octanol–water partition coefficient (Wildman–Crippen LogP) is 0.599. The normalized spacial score (nSPS) is 10.2. The lowest BCUT2D eigenvalue weighted by atomic mass is 10.2. The molecular formula is C6H10FN3. The lowest BCUT2D eigenvalue weighted by molar-refractivity contribution is 0.472. The maximum absolute atomic E-state index is 12.0. The Kier molecular flexibility index (Phi) is 2.39. The fourth-order valence-electron chi connectivity index (χ4n) is 0.796. The molecule has 0 bridgehead atoms. The van der Waals surface area contributed by atoms with Crippen molar-refractivity contribution in [3.05, 3.63) is 17.5 Å². The zero-order valence-electron chi connectivity index (χ0n) is 5.82. The third-order valence-corrected chi connectivity index (χ3v) is 1.31. The smallest absolute Gasteiger partial charge is 0.131 e. The first-order valence-corrected chi connectivity index (χ1v) is 3.10. The van der Waals surface area contributed by atoms with Gasteiger partial charge in [-0.2, -0.15) is 5.10 Å². The van der Waals surface area contributed by atoms with Gasteiger partial charge in [0.25, 0.3) is 0 Å². The van der Waals surface area contributed by atoms with E-state index in [4.69, 9.17) is 0 Å². The summed E-state index contributed by atoms with van der Waals surface area (Å²) in [6, 6.07) is 0. The molecule has 2 N–H and O–H groups in total. The summed E-state index contributed by atoms with van der Waals surface area (Å²) in [5.74, 6) is 0. The van der Waals surface area contributed by atoms with Crippen LogP contribution in [0.1, 0.15) is 11.3 Å². The number of nitrogens with zero attached hydrogens (tertiary/aromatic N) is 1. The number of H-pyrrole nitrogens is 1. The van der Waals surface area contributed by atoms with Gasteiger partial charge >= 0.3 is 0 Å². The monoisotopic (exact) mass is 143 g/mol. The second-order valence-corrected chi connectivity index (χ2v) is 2.04. The Balaban J connectivity index is 2.70. The molecule has 0 atom stereocenters. The average Bonchev–Trinajstić information content (AvgIpc) is 2.36. The summed E-state index contributed by atoms with van der Waals surface area (Å²) in [5.41, 5.74) is 1.46. The molecule has 0 saturated heterocycles. The third-order valence-electron chi connectivity index (χ3n) is 1.31. The van der Waals surface area contributed by atoms with Gasteiger partial charge in [0.15, 0.2) is 0 Å². The molecule has 0 aliphatic heterocycles. The van der Waals surface area contributed by atoms with Gasteiger partial charge in [-0.1, -0.05) is 0 Å². The first-order chi connectivity index (χ1) is 4.88. The number of rotatable bonds is 3. The van der Waals surface area contributed by atoms with Crippen molar-refractivity contribution in [2.75, 3.05) is 7.05 Å². The van der Waals surface area contributed by atoms with Crippen LogP contribution >= 0.6 is 0 Å². The second-order valence-electron chi connectivity index (χ2n) is 2.04. The Morgan fingerprint density at radius 2 is 2.60 bits per heavy atom. The number of hydrogen-bond acceptors (Lipinski definition) is 2. The third kappa shape index (κ3) is 1.33. The van der Waals surface area contributed by atoms with Crippen LogP contribution < -0.4 is 5.32 Å². The summed E-state index contributed by atoms with van der Waals surface area (Å²) in [5, 5.41) is 9.20. The molecule has 56 valence electrons. The van der Waals surface area contributed by atoms with E-state index < -0.39 is 6.67 Å². The number of nitrogens with one attached hydrogen (secondary N) is 2. The van der Waals surface area contributed by atoms with E-state index in [0.29, 0.717) is 12.2 Å². The van der Waals surface area contributed by atoms with Crippen molar-refractivity contribution >= 4 is 0 Å². The van der Waals surface area contributed by atoms with Crippen LogP contribution in [-0.2, 0) is 13.2 Å². The molecule has 0 aliphatic rings. The zero-order valence-corrected chi connectivity index (χ0v) is 5.82. The Hall–Kier alpha value is -0.900. The minimum atomic E-state index is -0.475. The Bertz CT molecular complexity index is 197. The van der Waals surface area contributed by atoms with E-state index in [-0.39, 0.29) is 0 Å². The number of aromatic amines is 1. The van der Waals surface area contributed by atoms with Gasteiger partial charge in [-0.15, -0.1) is 0 Å². The molecule has 0 aromatic carbocycles. The minimum absolute atomic E-state index is 0.475. The Morgan fingerprint density at radius 3 is 3.20 bits per heavy atom. The van der Waals surface area contributed by atoms with E-state index in [1.807, 2.05) is 7.05 Å². The Labute approximate surface area is 58.6 Å². The topological polar surface area (TPSA) is 40.7 Å². The van der Waals surface area contributed by atoms with E-state index in [9.17, 15) is 4.39 Å².